The molecule has 1 unspecified atom stereocenters. The van der Waals surface area contributed by atoms with Gasteiger partial charge in [0.15, 0.2) is 0 Å². The molecule has 0 aliphatic carbocycles. The molecule has 1 fully saturated rings. The zero-order valence-corrected chi connectivity index (χ0v) is 13.2. The maximum Gasteiger partial charge on any atom is 0.118 e. The largest absolute Gasteiger partial charge is 0.497 e. The Labute approximate surface area is 132 Å². The van der Waals surface area contributed by atoms with Crippen molar-refractivity contribution >= 4 is 0 Å². The number of benzene rings is 2. The molecule has 0 spiro atoms. The first-order valence-corrected chi connectivity index (χ1v) is 7.80. The SMILES string of the molecule is COc1ccc(CN2CC(c3ccccc3)OC[C@H]2C)cc1. The number of hydrogen-bond acceptors (Lipinski definition) is 3. The number of ether oxygens (including phenoxy) is 2. The summed E-state index contributed by atoms with van der Waals surface area (Å²) in [5, 5.41) is 0. The van der Waals surface area contributed by atoms with Crippen molar-refractivity contribution in [1.29, 1.82) is 0 Å². The van der Waals surface area contributed by atoms with E-state index in [-0.39, 0.29) is 6.10 Å². The van der Waals surface area contributed by atoms with Gasteiger partial charge in [0.25, 0.3) is 0 Å². The van der Waals surface area contributed by atoms with Crippen LogP contribution in [0.15, 0.2) is 54.6 Å². The molecule has 3 heteroatoms. The highest BCUT2D eigenvalue weighted by molar-refractivity contribution is 5.27. The van der Waals surface area contributed by atoms with Gasteiger partial charge in [-0.2, -0.15) is 0 Å². The van der Waals surface area contributed by atoms with Crippen LogP contribution in [0.1, 0.15) is 24.2 Å². The Balaban J connectivity index is 1.68. The van der Waals surface area contributed by atoms with Crippen molar-refractivity contribution in [2.45, 2.75) is 25.6 Å². The van der Waals surface area contributed by atoms with Gasteiger partial charge in [0, 0.05) is 19.1 Å². The predicted octanol–water partition coefficient (Wildman–Crippen LogP) is 3.66. The van der Waals surface area contributed by atoms with Crippen LogP contribution in [-0.4, -0.2) is 31.2 Å². The molecule has 0 N–H and O–H groups in total. The molecule has 3 nitrogen and oxygen atoms in total. The second kappa shape index (κ2) is 6.95. The summed E-state index contributed by atoms with van der Waals surface area (Å²) < 4.78 is 11.2. The van der Waals surface area contributed by atoms with Crippen molar-refractivity contribution in [2.24, 2.45) is 0 Å². The first-order valence-electron chi connectivity index (χ1n) is 7.80. The minimum atomic E-state index is 0.163. The minimum absolute atomic E-state index is 0.163. The third kappa shape index (κ3) is 3.49. The van der Waals surface area contributed by atoms with Crippen molar-refractivity contribution in [3.8, 4) is 5.75 Å². The van der Waals surface area contributed by atoms with Gasteiger partial charge in [0.05, 0.1) is 19.8 Å². The first-order chi connectivity index (χ1) is 10.8. The van der Waals surface area contributed by atoms with Crippen LogP contribution in [0.2, 0.25) is 0 Å². The van der Waals surface area contributed by atoms with Crippen LogP contribution in [0.3, 0.4) is 0 Å². The Hall–Kier alpha value is -1.84. The lowest BCUT2D eigenvalue weighted by Gasteiger charge is -2.38. The molecule has 0 amide bonds. The van der Waals surface area contributed by atoms with Crippen LogP contribution in [0.5, 0.6) is 5.75 Å². The van der Waals surface area contributed by atoms with Gasteiger partial charge in [-0.3, -0.25) is 4.90 Å². The van der Waals surface area contributed by atoms with Crippen LogP contribution in [0, 0.1) is 0 Å². The molecule has 1 heterocycles. The van der Waals surface area contributed by atoms with Crippen LogP contribution in [-0.2, 0) is 11.3 Å². The molecule has 2 atom stereocenters. The molecule has 1 aliphatic rings. The molecule has 0 saturated carbocycles. The Morgan fingerprint density at radius 1 is 1.09 bits per heavy atom. The number of methoxy groups -OCH3 is 1. The van der Waals surface area contributed by atoms with E-state index < -0.39 is 0 Å². The van der Waals surface area contributed by atoms with E-state index in [9.17, 15) is 0 Å². The predicted molar refractivity (Wildman–Crippen MR) is 88.0 cm³/mol. The highest BCUT2D eigenvalue weighted by Crippen LogP contribution is 2.26. The smallest absolute Gasteiger partial charge is 0.118 e. The molecule has 22 heavy (non-hydrogen) atoms. The van der Waals surface area contributed by atoms with Crippen LogP contribution < -0.4 is 4.74 Å². The second-order valence-corrected chi connectivity index (χ2v) is 5.86. The number of hydrogen-bond donors (Lipinski definition) is 0. The molecule has 2 aromatic carbocycles. The quantitative estimate of drug-likeness (QED) is 0.859. The van der Waals surface area contributed by atoms with Gasteiger partial charge >= 0.3 is 0 Å². The highest BCUT2D eigenvalue weighted by Gasteiger charge is 2.26. The number of nitrogens with zero attached hydrogens (tertiary/aromatic N) is 1. The fourth-order valence-electron chi connectivity index (χ4n) is 2.86. The summed E-state index contributed by atoms with van der Waals surface area (Å²) in [6, 6.07) is 19.2. The molecule has 3 rings (SSSR count). The van der Waals surface area contributed by atoms with E-state index in [1.54, 1.807) is 7.11 Å². The van der Waals surface area contributed by atoms with Gasteiger partial charge in [-0.15, -0.1) is 0 Å². The van der Waals surface area contributed by atoms with E-state index in [4.69, 9.17) is 9.47 Å². The highest BCUT2D eigenvalue weighted by atomic mass is 16.5. The molecular weight excluding hydrogens is 274 g/mol. The lowest BCUT2D eigenvalue weighted by atomic mass is 10.1. The Morgan fingerprint density at radius 3 is 2.50 bits per heavy atom. The summed E-state index contributed by atoms with van der Waals surface area (Å²) in [5.41, 5.74) is 2.57. The Bertz CT molecular complexity index is 582. The van der Waals surface area contributed by atoms with E-state index >= 15 is 0 Å². The topological polar surface area (TPSA) is 21.7 Å². The third-order valence-corrected chi connectivity index (χ3v) is 4.28. The van der Waals surface area contributed by atoms with Gasteiger partial charge in [0.1, 0.15) is 5.75 Å². The van der Waals surface area contributed by atoms with E-state index in [1.807, 2.05) is 18.2 Å². The van der Waals surface area contributed by atoms with Crippen LogP contribution in [0.25, 0.3) is 0 Å². The standard InChI is InChI=1S/C19H23NO2/c1-15-14-22-19(17-6-4-3-5-7-17)13-20(15)12-16-8-10-18(21-2)11-9-16/h3-11,15,19H,12-14H2,1-2H3/t15-,19?/m1/s1. The fraction of sp³-hybridized carbons (Fsp3) is 0.368. The molecule has 116 valence electrons. The molecule has 0 radical (unpaired) electrons. The molecule has 0 bridgehead atoms. The van der Waals surface area contributed by atoms with Crippen LogP contribution in [0.4, 0.5) is 0 Å². The average Bonchev–Trinajstić information content (AvgIpc) is 2.58. The van der Waals surface area contributed by atoms with Crippen molar-refractivity contribution in [1.82, 2.24) is 4.90 Å². The van der Waals surface area contributed by atoms with Gasteiger partial charge in [-0.1, -0.05) is 42.5 Å². The minimum Gasteiger partial charge on any atom is -0.497 e. The van der Waals surface area contributed by atoms with Crippen molar-refractivity contribution in [3.05, 3.63) is 65.7 Å². The normalized spacial score (nSPS) is 22.5. The van der Waals surface area contributed by atoms with Gasteiger partial charge in [-0.05, 0) is 30.2 Å². The summed E-state index contributed by atoms with van der Waals surface area (Å²) in [4.78, 5) is 2.49. The van der Waals surface area contributed by atoms with E-state index in [1.165, 1.54) is 11.1 Å². The monoisotopic (exact) mass is 297 g/mol. The van der Waals surface area contributed by atoms with Gasteiger partial charge < -0.3 is 9.47 Å². The van der Waals surface area contributed by atoms with Gasteiger partial charge in [-0.25, -0.2) is 0 Å². The molecule has 1 aliphatic heterocycles. The Kier molecular flexibility index (Phi) is 4.76. The lowest BCUT2D eigenvalue weighted by Crippen LogP contribution is -2.44. The lowest BCUT2D eigenvalue weighted by molar-refractivity contribution is -0.0633. The van der Waals surface area contributed by atoms with Crippen molar-refractivity contribution in [2.75, 3.05) is 20.3 Å². The maximum atomic E-state index is 6.02. The molecule has 0 aromatic heterocycles. The average molecular weight is 297 g/mol. The van der Waals surface area contributed by atoms with Crippen molar-refractivity contribution in [3.63, 3.8) is 0 Å². The summed E-state index contributed by atoms with van der Waals surface area (Å²) in [6.45, 7) is 4.87. The molecular formula is C19H23NO2. The van der Waals surface area contributed by atoms with E-state index in [0.717, 1.165) is 25.4 Å². The third-order valence-electron chi connectivity index (χ3n) is 4.28. The molecule has 1 saturated heterocycles. The molecule has 2 aromatic rings. The van der Waals surface area contributed by atoms with E-state index in [0.29, 0.717) is 6.04 Å². The summed E-state index contributed by atoms with van der Waals surface area (Å²) in [7, 11) is 1.70. The zero-order valence-electron chi connectivity index (χ0n) is 13.2. The van der Waals surface area contributed by atoms with Gasteiger partial charge in [0.2, 0.25) is 0 Å². The number of morpholine rings is 1. The van der Waals surface area contributed by atoms with Crippen LogP contribution >= 0.6 is 0 Å². The second-order valence-electron chi connectivity index (χ2n) is 5.86. The summed E-state index contributed by atoms with van der Waals surface area (Å²) >= 11 is 0. The maximum absolute atomic E-state index is 6.02. The summed E-state index contributed by atoms with van der Waals surface area (Å²) in [5.74, 6) is 0.904. The summed E-state index contributed by atoms with van der Waals surface area (Å²) in [6.07, 6.45) is 0.163. The Morgan fingerprint density at radius 2 is 1.82 bits per heavy atom. The van der Waals surface area contributed by atoms with Crippen molar-refractivity contribution < 1.29 is 9.47 Å². The first kappa shape index (κ1) is 15.1. The zero-order chi connectivity index (χ0) is 15.4. The number of rotatable bonds is 4. The fourth-order valence-corrected chi connectivity index (χ4v) is 2.86. The van der Waals surface area contributed by atoms with E-state index in [2.05, 4.69) is 48.2 Å².